The van der Waals surface area contributed by atoms with E-state index in [0.29, 0.717) is 0 Å². The van der Waals surface area contributed by atoms with Crippen LogP contribution in [-0.2, 0) is 10.0 Å². The summed E-state index contributed by atoms with van der Waals surface area (Å²) in [7, 11) is -2.62. The molecule has 0 heterocycles. The van der Waals surface area contributed by atoms with Gasteiger partial charge < -0.3 is 0 Å². The molecule has 2 aromatic carbocycles. The molecule has 8 heteroatoms. The topological polar surface area (TPSA) is 80.5 Å². The summed E-state index contributed by atoms with van der Waals surface area (Å²) in [6, 6.07) is 9.63. The van der Waals surface area contributed by atoms with Crippen LogP contribution in [-0.4, -0.2) is 20.4 Å². The molecular weight excluding hydrogens is 299 g/mol. The SMILES string of the molecule is CN(c1cccc(F)c1)S(=O)(=O)c1ccc([N+](=O)[O-])cc1. The van der Waals surface area contributed by atoms with Crippen molar-refractivity contribution >= 4 is 21.4 Å². The average Bonchev–Trinajstić information content (AvgIpc) is 2.46. The Kier molecular flexibility index (Phi) is 3.90. The zero-order valence-corrected chi connectivity index (χ0v) is 11.7. The Hall–Kier alpha value is -2.48. The van der Waals surface area contributed by atoms with E-state index in [0.717, 1.165) is 34.6 Å². The summed E-state index contributed by atoms with van der Waals surface area (Å²) in [4.78, 5) is 9.83. The molecule has 0 unspecified atom stereocenters. The fourth-order valence-corrected chi connectivity index (χ4v) is 2.90. The molecule has 2 aromatic rings. The minimum atomic E-state index is -3.91. The van der Waals surface area contributed by atoms with Crippen LogP contribution in [0.2, 0.25) is 0 Å². The molecule has 0 amide bonds. The summed E-state index contributed by atoms with van der Waals surface area (Å²) in [6.07, 6.45) is 0. The zero-order valence-electron chi connectivity index (χ0n) is 10.9. The first-order valence-corrected chi connectivity index (χ1v) is 7.25. The molecule has 0 aliphatic carbocycles. The Morgan fingerprint density at radius 2 is 1.76 bits per heavy atom. The van der Waals surface area contributed by atoms with Crippen LogP contribution < -0.4 is 4.31 Å². The highest BCUT2D eigenvalue weighted by molar-refractivity contribution is 7.92. The predicted octanol–water partition coefficient (Wildman–Crippen LogP) is 2.56. The maximum Gasteiger partial charge on any atom is 0.269 e. The van der Waals surface area contributed by atoms with Crippen LogP contribution in [0.15, 0.2) is 53.4 Å². The first-order chi connectivity index (χ1) is 9.82. The monoisotopic (exact) mass is 310 g/mol. The molecule has 0 radical (unpaired) electrons. The van der Waals surface area contributed by atoms with E-state index < -0.39 is 20.8 Å². The molecule has 0 fully saturated rings. The highest BCUT2D eigenvalue weighted by Gasteiger charge is 2.22. The number of non-ortho nitro benzene ring substituents is 1. The van der Waals surface area contributed by atoms with Gasteiger partial charge in [0.1, 0.15) is 5.82 Å². The molecule has 6 nitrogen and oxygen atoms in total. The highest BCUT2D eigenvalue weighted by Crippen LogP contribution is 2.24. The van der Waals surface area contributed by atoms with Crippen molar-refractivity contribution in [2.24, 2.45) is 0 Å². The average molecular weight is 310 g/mol. The van der Waals surface area contributed by atoms with Gasteiger partial charge in [0, 0.05) is 19.2 Å². The number of nitro groups is 1. The third-order valence-corrected chi connectivity index (χ3v) is 4.68. The first-order valence-electron chi connectivity index (χ1n) is 5.81. The van der Waals surface area contributed by atoms with Crippen molar-refractivity contribution in [3.8, 4) is 0 Å². The molecule has 0 aliphatic heterocycles. The van der Waals surface area contributed by atoms with Crippen molar-refractivity contribution in [1.29, 1.82) is 0 Å². The minimum Gasteiger partial charge on any atom is -0.269 e. The number of halogens is 1. The second-order valence-corrected chi connectivity index (χ2v) is 6.17. The van der Waals surface area contributed by atoms with Crippen LogP contribution in [0, 0.1) is 15.9 Å². The van der Waals surface area contributed by atoms with E-state index in [1.807, 2.05) is 0 Å². The maximum absolute atomic E-state index is 13.2. The number of nitro benzene ring substituents is 1. The van der Waals surface area contributed by atoms with Crippen molar-refractivity contribution in [2.75, 3.05) is 11.4 Å². The Morgan fingerprint density at radius 3 is 2.29 bits per heavy atom. The number of anilines is 1. The largest absolute Gasteiger partial charge is 0.269 e. The standard InChI is InChI=1S/C13H11FN2O4S/c1-15(12-4-2-3-10(14)9-12)21(19,20)13-7-5-11(6-8-13)16(17)18/h2-9H,1H3. The van der Waals surface area contributed by atoms with Crippen LogP contribution >= 0.6 is 0 Å². The lowest BCUT2D eigenvalue weighted by Gasteiger charge is -2.19. The fraction of sp³-hybridized carbons (Fsp3) is 0.0769. The van der Waals surface area contributed by atoms with Crippen LogP contribution in [0.5, 0.6) is 0 Å². The molecule has 0 atom stereocenters. The second kappa shape index (κ2) is 5.49. The second-order valence-electron chi connectivity index (χ2n) is 4.20. The van der Waals surface area contributed by atoms with Crippen LogP contribution in [0.1, 0.15) is 0 Å². The van der Waals surface area contributed by atoms with E-state index in [-0.39, 0.29) is 16.3 Å². The number of hydrogen-bond acceptors (Lipinski definition) is 4. The number of sulfonamides is 1. The van der Waals surface area contributed by atoms with Gasteiger partial charge in [0.25, 0.3) is 15.7 Å². The third-order valence-electron chi connectivity index (χ3n) is 2.88. The predicted molar refractivity (Wildman–Crippen MR) is 75.1 cm³/mol. The third kappa shape index (κ3) is 3.00. The summed E-state index contributed by atoms with van der Waals surface area (Å²) in [5.41, 5.74) is -0.0456. The van der Waals surface area contributed by atoms with Gasteiger partial charge in [0.2, 0.25) is 0 Å². The van der Waals surface area contributed by atoms with Gasteiger partial charge in [-0.2, -0.15) is 0 Å². The molecule has 21 heavy (non-hydrogen) atoms. The van der Waals surface area contributed by atoms with Crippen molar-refractivity contribution in [1.82, 2.24) is 0 Å². The van der Waals surface area contributed by atoms with E-state index in [1.54, 1.807) is 0 Å². The van der Waals surface area contributed by atoms with E-state index in [2.05, 4.69) is 0 Å². The smallest absolute Gasteiger partial charge is 0.269 e. The highest BCUT2D eigenvalue weighted by atomic mass is 32.2. The quantitative estimate of drug-likeness (QED) is 0.642. The van der Waals surface area contributed by atoms with Crippen LogP contribution in [0.3, 0.4) is 0 Å². The van der Waals surface area contributed by atoms with E-state index in [9.17, 15) is 22.9 Å². The minimum absolute atomic E-state index is 0.111. The van der Waals surface area contributed by atoms with E-state index in [4.69, 9.17) is 0 Å². The zero-order chi connectivity index (χ0) is 15.6. The fourth-order valence-electron chi connectivity index (χ4n) is 1.71. The molecule has 2 rings (SSSR count). The van der Waals surface area contributed by atoms with Gasteiger partial charge in [0.05, 0.1) is 15.5 Å². The Balaban J connectivity index is 2.39. The molecule has 0 saturated carbocycles. The lowest BCUT2D eigenvalue weighted by atomic mass is 10.3. The Labute approximate surface area is 120 Å². The van der Waals surface area contributed by atoms with Crippen molar-refractivity contribution < 1.29 is 17.7 Å². The number of nitrogens with zero attached hydrogens (tertiary/aromatic N) is 2. The summed E-state index contributed by atoms with van der Waals surface area (Å²) >= 11 is 0. The molecule has 0 aliphatic rings. The van der Waals surface area contributed by atoms with Crippen molar-refractivity contribution in [3.63, 3.8) is 0 Å². The molecule has 0 bridgehead atoms. The van der Waals surface area contributed by atoms with Gasteiger partial charge in [-0.25, -0.2) is 12.8 Å². The number of hydrogen-bond donors (Lipinski definition) is 0. The molecule has 0 aromatic heterocycles. The molecule has 0 N–H and O–H groups in total. The van der Waals surface area contributed by atoms with Crippen LogP contribution in [0.4, 0.5) is 15.8 Å². The van der Waals surface area contributed by atoms with Crippen molar-refractivity contribution in [2.45, 2.75) is 4.90 Å². The van der Waals surface area contributed by atoms with Crippen LogP contribution in [0.25, 0.3) is 0 Å². The first kappa shape index (κ1) is 14.9. The Bertz CT molecular complexity index is 775. The normalized spacial score (nSPS) is 11.1. The number of benzene rings is 2. The molecule has 110 valence electrons. The summed E-state index contributed by atoms with van der Waals surface area (Å²) in [5.74, 6) is -0.557. The Morgan fingerprint density at radius 1 is 1.14 bits per heavy atom. The van der Waals surface area contributed by atoms with Gasteiger partial charge in [-0.1, -0.05) is 6.07 Å². The van der Waals surface area contributed by atoms with Gasteiger partial charge in [-0.15, -0.1) is 0 Å². The summed E-state index contributed by atoms with van der Waals surface area (Å²) in [5, 5.41) is 10.6. The summed E-state index contributed by atoms with van der Waals surface area (Å²) in [6.45, 7) is 0. The van der Waals surface area contributed by atoms with E-state index in [1.165, 1.54) is 25.2 Å². The van der Waals surface area contributed by atoms with Gasteiger partial charge in [-0.05, 0) is 30.3 Å². The summed E-state index contributed by atoms with van der Waals surface area (Å²) < 4.78 is 38.8. The molecule has 0 saturated heterocycles. The number of rotatable bonds is 4. The molecule has 0 spiro atoms. The van der Waals surface area contributed by atoms with Gasteiger partial charge >= 0.3 is 0 Å². The lowest BCUT2D eigenvalue weighted by Crippen LogP contribution is -2.26. The maximum atomic E-state index is 13.2. The van der Waals surface area contributed by atoms with Crippen molar-refractivity contribution in [3.05, 3.63) is 64.5 Å². The van der Waals surface area contributed by atoms with E-state index >= 15 is 0 Å². The van der Waals surface area contributed by atoms with Gasteiger partial charge in [-0.3, -0.25) is 14.4 Å². The van der Waals surface area contributed by atoms with Gasteiger partial charge in [0.15, 0.2) is 0 Å². The molecular formula is C13H11FN2O4S. The lowest BCUT2D eigenvalue weighted by molar-refractivity contribution is -0.384.